The first-order chi connectivity index (χ1) is 9.26. The smallest absolute Gasteiger partial charge is 0.193 e. The fourth-order valence-corrected chi connectivity index (χ4v) is 3.87. The summed E-state index contributed by atoms with van der Waals surface area (Å²) in [5.74, 6) is 7.35. The maximum atomic E-state index is 5.77. The maximum Gasteiger partial charge on any atom is 0.193 e. The van der Waals surface area contributed by atoms with Crippen molar-refractivity contribution in [3.63, 3.8) is 0 Å². The molecule has 19 heavy (non-hydrogen) atoms. The zero-order chi connectivity index (χ0) is 13.2. The van der Waals surface area contributed by atoms with E-state index in [0.717, 1.165) is 23.0 Å². The van der Waals surface area contributed by atoms with E-state index in [-0.39, 0.29) is 0 Å². The standard InChI is InChI=1S/C14H22N4S/c1-10-2-4-11(5-3-10)13(17-15)8-12-9-18-6-7-19-14(18)16-12/h6-7,9-11,13,17H,2-5,8,15H2,1H3. The molecule has 1 fully saturated rings. The van der Waals surface area contributed by atoms with Gasteiger partial charge < -0.3 is 0 Å². The van der Waals surface area contributed by atoms with Crippen LogP contribution in [0.15, 0.2) is 17.8 Å². The largest absolute Gasteiger partial charge is 0.297 e. The normalized spacial score (nSPS) is 25.8. The first-order valence-electron chi connectivity index (χ1n) is 7.13. The van der Waals surface area contributed by atoms with Crippen molar-refractivity contribution in [1.29, 1.82) is 0 Å². The summed E-state index contributed by atoms with van der Waals surface area (Å²) in [6, 6.07) is 0.358. The Kier molecular flexibility index (Phi) is 3.86. The van der Waals surface area contributed by atoms with E-state index in [4.69, 9.17) is 5.84 Å². The van der Waals surface area contributed by atoms with Crippen molar-refractivity contribution in [2.45, 2.75) is 45.1 Å². The van der Waals surface area contributed by atoms with Gasteiger partial charge in [0.2, 0.25) is 0 Å². The van der Waals surface area contributed by atoms with Gasteiger partial charge in [0, 0.05) is 30.2 Å². The van der Waals surface area contributed by atoms with Crippen LogP contribution in [-0.2, 0) is 6.42 Å². The fourth-order valence-electron chi connectivity index (χ4n) is 3.15. The topological polar surface area (TPSA) is 55.3 Å². The molecule has 0 spiro atoms. The number of aromatic nitrogens is 2. The van der Waals surface area contributed by atoms with Gasteiger partial charge in [-0.15, -0.1) is 11.3 Å². The molecule has 0 saturated heterocycles. The molecule has 2 aromatic rings. The summed E-state index contributed by atoms with van der Waals surface area (Å²) in [4.78, 5) is 5.73. The highest BCUT2D eigenvalue weighted by Crippen LogP contribution is 2.31. The lowest BCUT2D eigenvalue weighted by molar-refractivity contribution is 0.229. The minimum atomic E-state index is 0.358. The molecule has 1 unspecified atom stereocenters. The van der Waals surface area contributed by atoms with Crippen LogP contribution in [0.2, 0.25) is 0 Å². The average molecular weight is 278 g/mol. The lowest BCUT2D eigenvalue weighted by Crippen LogP contribution is -2.43. The predicted molar refractivity (Wildman–Crippen MR) is 79.0 cm³/mol. The van der Waals surface area contributed by atoms with Crippen LogP contribution >= 0.6 is 11.3 Å². The van der Waals surface area contributed by atoms with Crippen molar-refractivity contribution < 1.29 is 0 Å². The highest BCUT2D eigenvalue weighted by atomic mass is 32.1. The molecule has 0 aliphatic heterocycles. The third-order valence-electron chi connectivity index (χ3n) is 4.42. The van der Waals surface area contributed by atoms with Gasteiger partial charge in [0.1, 0.15) is 0 Å². The minimum Gasteiger partial charge on any atom is -0.297 e. The molecule has 0 aromatic carbocycles. The average Bonchev–Trinajstić information content (AvgIpc) is 2.98. The maximum absolute atomic E-state index is 5.77. The monoisotopic (exact) mass is 278 g/mol. The summed E-state index contributed by atoms with van der Waals surface area (Å²) in [6.07, 6.45) is 10.4. The number of nitrogens with one attached hydrogen (secondary N) is 1. The lowest BCUT2D eigenvalue weighted by Gasteiger charge is -2.32. The third-order valence-corrected chi connectivity index (χ3v) is 5.19. The van der Waals surface area contributed by atoms with Gasteiger partial charge in [-0.3, -0.25) is 15.7 Å². The molecule has 0 bridgehead atoms. The van der Waals surface area contributed by atoms with Crippen LogP contribution in [0.1, 0.15) is 38.3 Å². The number of thiazole rings is 1. The van der Waals surface area contributed by atoms with E-state index < -0.39 is 0 Å². The zero-order valence-electron chi connectivity index (χ0n) is 11.4. The Morgan fingerprint density at radius 1 is 1.47 bits per heavy atom. The van der Waals surface area contributed by atoms with Gasteiger partial charge in [0.15, 0.2) is 4.96 Å². The molecule has 0 amide bonds. The second-order valence-corrected chi connectivity index (χ2v) is 6.70. The van der Waals surface area contributed by atoms with E-state index >= 15 is 0 Å². The Balaban J connectivity index is 1.67. The first kappa shape index (κ1) is 13.1. The van der Waals surface area contributed by atoms with Crippen LogP contribution in [-0.4, -0.2) is 15.4 Å². The van der Waals surface area contributed by atoms with Crippen molar-refractivity contribution >= 4 is 16.3 Å². The summed E-state index contributed by atoms with van der Waals surface area (Å²) in [6.45, 7) is 2.35. The first-order valence-corrected chi connectivity index (χ1v) is 8.01. The predicted octanol–water partition coefficient (Wildman–Crippen LogP) is 2.60. The number of nitrogens with zero attached hydrogens (tertiary/aromatic N) is 2. The van der Waals surface area contributed by atoms with E-state index in [2.05, 4.69) is 39.5 Å². The van der Waals surface area contributed by atoms with Crippen molar-refractivity contribution in [2.75, 3.05) is 0 Å². The van der Waals surface area contributed by atoms with E-state index in [9.17, 15) is 0 Å². The van der Waals surface area contributed by atoms with Gasteiger partial charge in [-0.05, 0) is 24.7 Å². The van der Waals surface area contributed by atoms with Crippen LogP contribution in [0.25, 0.3) is 4.96 Å². The molecule has 3 rings (SSSR count). The molecule has 0 radical (unpaired) electrons. The van der Waals surface area contributed by atoms with Crippen LogP contribution in [0.5, 0.6) is 0 Å². The molecule has 5 heteroatoms. The number of hydrogen-bond donors (Lipinski definition) is 2. The Morgan fingerprint density at radius 2 is 2.26 bits per heavy atom. The summed E-state index contributed by atoms with van der Waals surface area (Å²) in [5, 5.41) is 2.06. The number of rotatable bonds is 4. The Labute approximate surface area is 118 Å². The molecule has 1 aliphatic rings. The highest BCUT2D eigenvalue weighted by Gasteiger charge is 2.26. The quantitative estimate of drug-likeness (QED) is 0.667. The summed E-state index contributed by atoms with van der Waals surface area (Å²) in [7, 11) is 0. The third kappa shape index (κ3) is 2.83. The molecule has 4 nitrogen and oxygen atoms in total. The molecule has 3 N–H and O–H groups in total. The number of nitrogens with two attached hydrogens (primary N) is 1. The van der Waals surface area contributed by atoms with Crippen LogP contribution in [0.3, 0.4) is 0 Å². The molecule has 2 heterocycles. The second-order valence-electron chi connectivity index (χ2n) is 5.82. The fraction of sp³-hybridized carbons (Fsp3) is 0.643. The van der Waals surface area contributed by atoms with Crippen molar-refractivity contribution in [3.8, 4) is 0 Å². The summed E-state index contributed by atoms with van der Waals surface area (Å²) in [5.41, 5.74) is 4.17. The Hall–Kier alpha value is -0.910. The van der Waals surface area contributed by atoms with E-state index in [0.29, 0.717) is 12.0 Å². The highest BCUT2D eigenvalue weighted by molar-refractivity contribution is 7.15. The van der Waals surface area contributed by atoms with Crippen LogP contribution < -0.4 is 11.3 Å². The van der Waals surface area contributed by atoms with E-state index in [1.54, 1.807) is 11.3 Å². The number of imidazole rings is 1. The van der Waals surface area contributed by atoms with Gasteiger partial charge >= 0.3 is 0 Å². The van der Waals surface area contributed by atoms with Crippen molar-refractivity contribution in [2.24, 2.45) is 17.7 Å². The summed E-state index contributed by atoms with van der Waals surface area (Å²) >= 11 is 1.68. The van der Waals surface area contributed by atoms with Gasteiger partial charge in [0.25, 0.3) is 0 Å². The van der Waals surface area contributed by atoms with Crippen molar-refractivity contribution in [3.05, 3.63) is 23.5 Å². The molecule has 1 aliphatic carbocycles. The van der Waals surface area contributed by atoms with Gasteiger partial charge in [-0.2, -0.15) is 0 Å². The van der Waals surface area contributed by atoms with Crippen molar-refractivity contribution in [1.82, 2.24) is 14.8 Å². The van der Waals surface area contributed by atoms with Crippen LogP contribution in [0, 0.1) is 11.8 Å². The Bertz CT molecular complexity index is 496. The molecule has 2 aromatic heterocycles. The zero-order valence-corrected chi connectivity index (χ0v) is 12.2. The molecular weight excluding hydrogens is 256 g/mol. The molecule has 1 saturated carbocycles. The van der Waals surface area contributed by atoms with Gasteiger partial charge in [0.05, 0.1) is 5.69 Å². The number of hydrazine groups is 1. The van der Waals surface area contributed by atoms with E-state index in [1.807, 2.05) is 0 Å². The molecular formula is C14H22N4S. The number of fused-ring (bicyclic) bond motifs is 1. The SMILES string of the molecule is CC1CCC(C(Cc2cn3ccsc3n2)NN)CC1. The Morgan fingerprint density at radius 3 is 2.95 bits per heavy atom. The lowest BCUT2D eigenvalue weighted by atomic mass is 9.78. The summed E-state index contributed by atoms with van der Waals surface area (Å²) < 4.78 is 2.09. The second kappa shape index (κ2) is 5.61. The van der Waals surface area contributed by atoms with Crippen LogP contribution in [0.4, 0.5) is 0 Å². The minimum absolute atomic E-state index is 0.358. The van der Waals surface area contributed by atoms with Gasteiger partial charge in [-0.1, -0.05) is 19.8 Å². The number of hydrogen-bond acceptors (Lipinski definition) is 4. The molecule has 1 atom stereocenters. The van der Waals surface area contributed by atoms with Gasteiger partial charge in [-0.25, -0.2) is 4.98 Å². The van der Waals surface area contributed by atoms with E-state index in [1.165, 1.54) is 25.7 Å². The molecule has 104 valence electrons.